The number of methoxy groups -OCH3 is 1. The Labute approximate surface area is 215 Å². The van der Waals surface area contributed by atoms with E-state index in [0.717, 1.165) is 38.5 Å². The lowest BCUT2D eigenvalue weighted by Crippen LogP contribution is -2.62. The molecule has 0 spiro atoms. The third-order valence-corrected chi connectivity index (χ3v) is 10.9. The summed E-state index contributed by atoms with van der Waals surface area (Å²) in [6.07, 6.45) is 6.44. The molecular weight excluding hydrogens is 460 g/mol. The predicted octanol–water partition coefficient (Wildman–Crippen LogP) is 4.89. The van der Waals surface area contributed by atoms with Gasteiger partial charge in [-0.25, -0.2) is 0 Å². The van der Waals surface area contributed by atoms with Crippen LogP contribution in [-0.4, -0.2) is 43.0 Å². The maximum absolute atomic E-state index is 14.0. The highest BCUT2D eigenvalue weighted by molar-refractivity contribution is 5.87. The summed E-state index contributed by atoms with van der Waals surface area (Å²) in [7, 11) is 1.41. The number of carbonyl (C=O) groups is 4. The van der Waals surface area contributed by atoms with Gasteiger partial charge in [0.15, 0.2) is 0 Å². The molecule has 36 heavy (non-hydrogen) atoms. The number of carbonyl (C=O) groups excluding carboxylic acids is 4. The Morgan fingerprint density at radius 3 is 2.33 bits per heavy atom. The summed E-state index contributed by atoms with van der Waals surface area (Å²) >= 11 is 0. The Balaban J connectivity index is 1.62. The fourth-order valence-electron chi connectivity index (χ4n) is 9.14. The normalized spacial score (nSPS) is 42.4. The molecule has 0 amide bonds. The van der Waals surface area contributed by atoms with Crippen molar-refractivity contribution in [1.29, 1.82) is 0 Å². The minimum atomic E-state index is -0.465. The molecule has 0 heterocycles. The van der Waals surface area contributed by atoms with Crippen LogP contribution in [0.2, 0.25) is 0 Å². The first-order chi connectivity index (χ1) is 16.9. The first kappa shape index (κ1) is 27.1. The van der Waals surface area contributed by atoms with Gasteiger partial charge in [0.2, 0.25) is 0 Å². The van der Waals surface area contributed by atoms with Crippen LogP contribution in [0.15, 0.2) is 0 Å². The molecule has 4 saturated carbocycles. The summed E-state index contributed by atoms with van der Waals surface area (Å²) < 4.78 is 16.5. The molecule has 7 nitrogen and oxygen atoms in total. The fourth-order valence-corrected chi connectivity index (χ4v) is 9.14. The number of ether oxygens (including phenoxy) is 3. The Morgan fingerprint density at radius 2 is 1.69 bits per heavy atom. The van der Waals surface area contributed by atoms with Gasteiger partial charge >= 0.3 is 17.9 Å². The van der Waals surface area contributed by atoms with Crippen LogP contribution in [-0.2, 0) is 33.4 Å². The molecule has 4 fully saturated rings. The fraction of sp³-hybridized carbons (Fsp3) is 0.862. The number of Topliss-reactive ketones (excluding diaryl/α,β-unsaturated/α-hetero) is 1. The van der Waals surface area contributed by atoms with Crippen molar-refractivity contribution in [2.45, 2.75) is 105 Å². The molecule has 0 aromatic heterocycles. The first-order valence-corrected chi connectivity index (χ1v) is 13.9. The standard InChI is InChI=1S/C29H44O7/c1-16(7-10-26(33)34-6)21-8-9-22-27-23(15-25(32)29(21,22)5)28(4)12-11-20(35-17(2)30)13-19(28)14-24(27)36-18(3)31/h16,19-24,27H,7-15H2,1-6H3/t16?,19?,20?,21?,22?,23?,24-,27?,28?,29?/m1/s1. The smallest absolute Gasteiger partial charge is 0.305 e. The van der Waals surface area contributed by atoms with Crippen molar-refractivity contribution < 1.29 is 33.4 Å². The van der Waals surface area contributed by atoms with Gasteiger partial charge in [0.05, 0.1) is 7.11 Å². The van der Waals surface area contributed by atoms with Crippen LogP contribution in [0.25, 0.3) is 0 Å². The van der Waals surface area contributed by atoms with Crippen LogP contribution in [0.4, 0.5) is 0 Å². The monoisotopic (exact) mass is 504 g/mol. The molecule has 9 unspecified atom stereocenters. The van der Waals surface area contributed by atoms with E-state index in [9.17, 15) is 19.2 Å². The maximum atomic E-state index is 14.0. The number of ketones is 1. The summed E-state index contributed by atoms with van der Waals surface area (Å²) in [5.41, 5.74) is -0.503. The molecule has 0 bridgehead atoms. The molecule has 0 aromatic rings. The molecule has 0 saturated heterocycles. The van der Waals surface area contributed by atoms with E-state index in [1.165, 1.54) is 21.0 Å². The summed E-state index contributed by atoms with van der Waals surface area (Å²) in [5, 5.41) is 0. The van der Waals surface area contributed by atoms with Gasteiger partial charge in [-0.1, -0.05) is 20.8 Å². The number of hydrogen-bond donors (Lipinski definition) is 0. The van der Waals surface area contributed by atoms with Crippen molar-refractivity contribution in [2.75, 3.05) is 7.11 Å². The zero-order valence-electron chi connectivity index (χ0n) is 22.8. The summed E-state index contributed by atoms with van der Waals surface area (Å²) in [5.74, 6) is 0.785. The van der Waals surface area contributed by atoms with E-state index < -0.39 is 5.41 Å². The molecule has 0 aliphatic heterocycles. The van der Waals surface area contributed by atoms with Crippen LogP contribution < -0.4 is 0 Å². The van der Waals surface area contributed by atoms with E-state index in [-0.39, 0.29) is 71.0 Å². The van der Waals surface area contributed by atoms with Gasteiger partial charge in [0, 0.05) is 38.0 Å². The van der Waals surface area contributed by atoms with Gasteiger partial charge in [0.25, 0.3) is 0 Å². The quantitative estimate of drug-likeness (QED) is 0.375. The number of hydrogen-bond acceptors (Lipinski definition) is 7. The molecule has 0 radical (unpaired) electrons. The van der Waals surface area contributed by atoms with E-state index in [1.807, 2.05) is 0 Å². The van der Waals surface area contributed by atoms with E-state index in [4.69, 9.17) is 14.2 Å². The molecule has 4 rings (SSSR count). The highest BCUT2D eigenvalue weighted by Crippen LogP contribution is 2.67. The highest BCUT2D eigenvalue weighted by atomic mass is 16.5. The van der Waals surface area contributed by atoms with Gasteiger partial charge in [-0.2, -0.15) is 0 Å². The van der Waals surface area contributed by atoms with Gasteiger partial charge in [-0.05, 0) is 80.0 Å². The molecule has 4 aliphatic rings. The molecule has 7 heteroatoms. The Bertz CT molecular complexity index is 898. The molecule has 0 N–H and O–H groups in total. The van der Waals surface area contributed by atoms with E-state index in [1.54, 1.807) is 0 Å². The lowest BCUT2D eigenvalue weighted by Gasteiger charge is -2.62. The van der Waals surface area contributed by atoms with Gasteiger partial charge in [-0.15, -0.1) is 0 Å². The first-order valence-electron chi connectivity index (χ1n) is 13.9. The second-order valence-corrected chi connectivity index (χ2v) is 12.6. The number of esters is 3. The minimum absolute atomic E-state index is 0.0382. The van der Waals surface area contributed by atoms with Crippen LogP contribution >= 0.6 is 0 Å². The van der Waals surface area contributed by atoms with Crippen molar-refractivity contribution in [3.63, 3.8) is 0 Å². The molecule has 0 aromatic carbocycles. The van der Waals surface area contributed by atoms with Gasteiger partial charge in [-0.3, -0.25) is 19.2 Å². The third-order valence-electron chi connectivity index (χ3n) is 10.9. The molecule has 4 aliphatic carbocycles. The van der Waals surface area contributed by atoms with Crippen molar-refractivity contribution in [3.8, 4) is 0 Å². The van der Waals surface area contributed by atoms with Gasteiger partial charge in [0.1, 0.15) is 18.0 Å². The van der Waals surface area contributed by atoms with Crippen molar-refractivity contribution in [2.24, 2.45) is 46.3 Å². The van der Waals surface area contributed by atoms with E-state index in [0.29, 0.717) is 25.0 Å². The van der Waals surface area contributed by atoms with Crippen LogP contribution in [0.5, 0.6) is 0 Å². The van der Waals surface area contributed by atoms with Gasteiger partial charge < -0.3 is 14.2 Å². The van der Waals surface area contributed by atoms with Crippen molar-refractivity contribution in [3.05, 3.63) is 0 Å². The van der Waals surface area contributed by atoms with E-state index in [2.05, 4.69) is 20.8 Å². The van der Waals surface area contributed by atoms with E-state index >= 15 is 0 Å². The van der Waals surface area contributed by atoms with Crippen molar-refractivity contribution in [1.82, 2.24) is 0 Å². The Morgan fingerprint density at radius 1 is 1.00 bits per heavy atom. The zero-order chi connectivity index (χ0) is 26.4. The lowest BCUT2D eigenvalue weighted by atomic mass is 9.43. The highest BCUT2D eigenvalue weighted by Gasteiger charge is 2.66. The largest absolute Gasteiger partial charge is 0.469 e. The Hall–Kier alpha value is -1.92. The minimum Gasteiger partial charge on any atom is -0.469 e. The number of fused-ring (bicyclic) bond motifs is 5. The summed E-state index contributed by atoms with van der Waals surface area (Å²) in [4.78, 5) is 49.7. The molecule has 10 atom stereocenters. The Kier molecular flexibility index (Phi) is 7.60. The average molecular weight is 505 g/mol. The zero-order valence-corrected chi connectivity index (χ0v) is 22.8. The predicted molar refractivity (Wildman–Crippen MR) is 133 cm³/mol. The lowest BCUT2D eigenvalue weighted by molar-refractivity contribution is -0.196. The van der Waals surface area contributed by atoms with Crippen LogP contribution in [0.3, 0.4) is 0 Å². The van der Waals surface area contributed by atoms with Crippen LogP contribution in [0, 0.1) is 46.3 Å². The third kappa shape index (κ3) is 4.60. The molecule has 202 valence electrons. The average Bonchev–Trinajstić information content (AvgIpc) is 3.16. The second-order valence-electron chi connectivity index (χ2n) is 12.6. The molecular formula is C29H44O7. The summed E-state index contributed by atoms with van der Waals surface area (Å²) in [6, 6.07) is 0. The topological polar surface area (TPSA) is 96.0 Å². The number of rotatable bonds is 6. The SMILES string of the molecule is COC(=O)CCC(C)C1CCC2C3C(CC(=O)C12C)C1(C)CCC(OC(C)=O)CC1C[C@H]3OC(C)=O. The summed E-state index contributed by atoms with van der Waals surface area (Å²) in [6.45, 7) is 9.57. The van der Waals surface area contributed by atoms with Crippen LogP contribution in [0.1, 0.15) is 92.4 Å². The van der Waals surface area contributed by atoms with Crippen molar-refractivity contribution >= 4 is 23.7 Å². The second kappa shape index (κ2) is 10.1. The maximum Gasteiger partial charge on any atom is 0.305 e.